The third-order valence-corrected chi connectivity index (χ3v) is 2.80. The standard InChI is InChI=1S/C14H11NO2/c1-15-16-9-10-5-4-7-12-11-6-2-3-8-13(11)17-14(10)12/h2-8H,1,9H2. The minimum absolute atomic E-state index is 0.376. The van der Waals surface area contributed by atoms with Crippen LogP contribution in [0.4, 0.5) is 0 Å². The normalized spacial score (nSPS) is 10.8. The summed E-state index contributed by atoms with van der Waals surface area (Å²) in [6.07, 6.45) is 0. The molecule has 0 radical (unpaired) electrons. The zero-order valence-electron chi connectivity index (χ0n) is 9.22. The first-order chi connectivity index (χ1) is 8.40. The number of fused-ring (bicyclic) bond motifs is 3. The predicted molar refractivity (Wildman–Crippen MR) is 68.1 cm³/mol. The topological polar surface area (TPSA) is 34.7 Å². The number of hydrogen-bond donors (Lipinski definition) is 0. The number of benzene rings is 2. The van der Waals surface area contributed by atoms with E-state index in [2.05, 4.69) is 17.9 Å². The van der Waals surface area contributed by atoms with Crippen LogP contribution in [0.5, 0.6) is 0 Å². The minimum atomic E-state index is 0.376. The summed E-state index contributed by atoms with van der Waals surface area (Å²) in [6.45, 7) is 3.67. The summed E-state index contributed by atoms with van der Waals surface area (Å²) in [5.74, 6) is 0. The van der Waals surface area contributed by atoms with E-state index in [-0.39, 0.29) is 0 Å². The lowest BCUT2D eigenvalue weighted by Gasteiger charge is -1.99. The number of nitrogens with zero attached hydrogens (tertiary/aromatic N) is 1. The van der Waals surface area contributed by atoms with Crippen molar-refractivity contribution in [2.75, 3.05) is 0 Å². The van der Waals surface area contributed by atoms with Crippen LogP contribution >= 0.6 is 0 Å². The number of para-hydroxylation sites is 2. The molecule has 2 aromatic carbocycles. The van der Waals surface area contributed by atoms with Crippen molar-refractivity contribution in [3.63, 3.8) is 0 Å². The van der Waals surface area contributed by atoms with Gasteiger partial charge in [0, 0.05) is 23.1 Å². The Morgan fingerprint density at radius 2 is 1.88 bits per heavy atom. The monoisotopic (exact) mass is 225 g/mol. The Kier molecular flexibility index (Phi) is 2.29. The maximum absolute atomic E-state index is 5.84. The molecule has 0 N–H and O–H groups in total. The van der Waals surface area contributed by atoms with Crippen LogP contribution in [0.3, 0.4) is 0 Å². The van der Waals surface area contributed by atoms with Crippen molar-refractivity contribution in [1.82, 2.24) is 0 Å². The zero-order valence-corrected chi connectivity index (χ0v) is 9.22. The molecule has 0 fully saturated rings. The molecule has 0 aliphatic carbocycles. The fourth-order valence-corrected chi connectivity index (χ4v) is 2.03. The van der Waals surface area contributed by atoms with Gasteiger partial charge in [0.2, 0.25) is 0 Å². The lowest BCUT2D eigenvalue weighted by atomic mass is 10.1. The minimum Gasteiger partial charge on any atom is -0.456 e. The lowest BCUT2D eigenvalue weighted by molar-refractivity contribution is 0.133. The van der Waals surface area contributed by atoms with Gasteiger partial charge in [0.05, 0.1) is 0 Å². The molecule has 0 saturated heterocycles. The summed E-state index contributed by atoms with van der Waals surface area (Å²) in [5, 5.41) is 5.62. The van der Waals surface area contributed by atoms with E-state index in [9.17, 15) is 0 Å². The average molecular weight is 225 g/mol. The van der Waals surface area contributed by atoms with Gasteiger partial charge in [-0.25, -0.2) is 0 Å². The van der Waals surface area contributed by atoms with Crippen molar-refractivity contribution in [3.05, 3.63) is 48.0 Å². The second kappa shape index (κ2) is 3.94. The second-order valence-corrected chi connectivity index (χ2v) is 3.79. The first-order valence-corrected chi connectivity index (χ1v) is 5.37. The molecule has 1 heterocycles. The van der Waals surface area contributed by atoms with Crippen LogP contribution in [0.2, 0.25) is 0 Å². The van der Waals surface area contributed by atoms with Gasteiger partial charge in [0.25, 0.3) is 0 Å². The van der Waals surface area contributed by atoms with E-state index in [4.69, 9.17) is 9.25 Å². The molecule has 0 amide bonds. The van der Waals surface area contributed by atoms with Crippen LogP contribution in [0.15, 0.2) is 52.0 Å². The van der Waals surface area contributed by atoms with Gasteiger partial charge in [-0.15, -0.1) is 5.16 Å². The van der Waals surface area contributed by atoms with Gasteiger partial charge in [-0.2, -0.15) is 0 Å². The lowest BCUT2D eigenvalue weighted by Crippen LogP contribution is -1.86. The quantitative estimate of drug-likeness (QED) is 0.503. The van der Waals surface area contributed by atoms with Gasteiger partial charge in [-0.05, 0) is 6.07 Å². The molecule has 0 spiro atoms. The van der Waals surface area contributed by atoms with E-state index >= 15 is 0 Å². The molecule has 1 aromatic heterocycles. The average Bonchev–Trinajstić information content (AvgIpc) is 2.75. The fourth-order valence-electron chi connectivity index (χ4n) is 2.03. The second-order valence-electron chi connectivity index (χ2n) is 3.79. The number of oxime groups is 1. The van der Waals surface area contributed by atoms with Gasteiger partial charge in [-0.3, -0.25) is 0 Å². The van der Waals surface area contributed by atoms with Crippen molar-refractivity contribution in [3.8, 4) is 0 Å². The van der Waals surface area contributed by atoms with Gasteiger partial charge in [0.1, 0.15) is 17.8 Å². The molecule has 0 atom stereocenters. The van der Waals surface area contributed by atoms with E-state index in [1.165, 1.54) is 0 Å². The van der Waals surface area contributed by atoms with Crippen LogP contribution in [0, 0.1) is 0 Å². The SMILES string of the molecule is C=NOCc1cccc2c1oc1ccccc12. The molecule has 0 aliphatic rings. The highest BCUT2D eigenvalue weighted by molar-refractivity contribution is 6.05. The third kappa shape index (κ3) is 1.56. The molecule has 3 heteroatoms. The van der Waals surface area contributed by atoms with Gasteiger partial charge in [-0.1, -0.05) is 36.4 Å². The maximum atomic E-state index is 5.84. The molecular formula is C14H11NO2. The highest BCUT2D eigenvalue weighted by Gasteiger charge is 2.09. The number of hydrogen-bond acceptors (Lipinski definition) is 3. The van der Waals surface area contributed by atoms with Crippen LogP contribution in [0.25, 0.3) is 21.9 Å². The Labute approximate surface area is 98.3 Å². The van der Waals surface area contributed by atoms with Crippen molar-refractivity contribution in [2.45, 2.75) is 6.61 Å². The smallest absolute Gasteiger partial charge is 0.145 e. The molecule has 3 rings (SSSR count). The Hall–Kier alpha value is -2.29. The zero-order chi connectivity index (χ0) is 11.7. The molecule has 3 nitrogen and oxygen atoms in total. The first-order valence-electron chi connectivity index (χ1n) is 5.37. The van der Waals surface area contributed by atoms with E-state index in [0.29, 0.717) is 6.61 Å². The summed E-state index contributed by atoms with van der Waals surface area (Å²) in [4.78, 5) is 4.98. The van der Waals surface area contributed by atoms with Crippen molar-refractivity contribution < 1.29 is 9.25 Å². The van der Waals surface area contributed by atoms with Gasteiger partial charge in [0.15, 0.2) is 0 Å². The van der Waals surface area contributed by atoms with Crippen molar-refractivity contribution >= 4 is 28.7 Å². The number of rotatable bonds is 3. The van der Waals surface area contributed by atoms with Crippen LogP contribution in [-0.4, -0.2) is 6.72 Å². The summed E-state index contributed by atoms with van der Waals surface area (Å²) >= 11 is 0. The fraction of sp³-hybridized carbons (Fsp3) is 0.0714. The Balaban J connectivity index is 2.27. The van der Waals surface area contributed by atoms with Crippen LogP contribution < -0.4 is 0 Å². The van der Waals surface area contributed by atoms with E-state index in [1.807, 2.05) is 36.4 Å². The van der Waals surface area contributed by atoms with Crippen LogP contribution in [-0.2, 0) is 11.4 Å². The first kappa shape index (κ1) is 9.90. The molecule has 0 bridgehead atoms. The molecule has 17 heavy (non-hydrogen) atoms. The molecule has 84 valence electrons. The van der Waals surface area contributed by atoms with Crippen LogP contribution in [0.1, 0.15) is 5.56 Å². The van der Waals surface area contributed by atoms with Crippen molar-refractivity contribution in [2.24, 2.45) is 5.16 Å². The number of furan rings is 1. The Bertz CT molecular complexity index is 685. The Morgan fingerprint density at radius 1 is 1.06 bits per heavy atom. The summed E-state index contributed by atoms with van der Waals surface area (Å²) in [7, 11) is 0. The largest absolute Gasteiger partial charge is 0.456 e. The predicted octanol–water partition coefficient (Wildman–Crippen LogP) is 3.72. The maximum Gasteiger partial charge on any atom is 0.145 e. The van der Waals surface area contributed by atoms with E-state index in [1.54, 1.807) is 0 Å². The highest BCUT2D eigenvalue weighted by atomic mass is 16.6. The Morgan fingerprint density at radius 3 is 2.76 bits per heavy atom. The van der Waals surface area contributed by atoms with Crippen molar-refractivity contribution in [1.29, 1.82) is 0 Å². The highest BCUT2D eigenvalue weighted by Crippen LogP contribution is 2.30. The van der Waals surface area contributed by atoms with E-state index in [0.717, 1.165) is 27.5 Å². The van der Waals surface area contributed by atoms with Gasteiger partial charge < -0.3 is 9.25 Å². The third-order valence-electron chi connectivity index (χ3n) is 2.80. The van der Waals surface area contributed by atoms with Gasteiger partial charge >= 0.3 is 0 Å². The summed E-state index contributed by atoms with van der Waals surface area (Å²) in [6, 6.07) is 14.0. The summed E-state index contributed by atoms with van der Waals surface area (Å²) in [5.41, 5.74) is 2.73. The molecule has 0 saturated carbocycles. The molecule has 0 aliphatic heterocycles. The molecule has 3 aromatic rings. The molecule has 0 unspecified atom stereocenters. The van der Waals surface area contributed by atoms with E-state index < -0.39 is 0 Å². The molecular weight excluding hydrogens is 214 g/mol. The summed E-state index contributed by atoms with van der Waals surface area (Å²) < 4.78 is 5.84.